The smallest absolute Gasteiger partial charge is 0.323 e. The predicted molar refractivity (Wildman–Crippen MR) is 245 cm³/mol. The van der Waals surface area contributed by atoms with Crippen molar-refractivity contribution in [2.75, 3.05) is 116 Å². The SMILES string of the molecule is COCCOCCOCCOc1cc(Nc2nccc(Oc3ccc(NC(=O)Nc4cc(C(C)(C)C)cc(C(=O)NCCN5CCOCC5)c4OC)c4ccccc34)n2)cc(OC)c1. The molecule has 1 aliphatic rings. The number of carbonyl (C=O) groups excluding carboxylic acids is 2. The van der Waals surface area contributed by atoms with Gasteiger partial charge in [-0.3, -0.25) is 9.69 Å². The Morgan fingerprint density at radius 2 is 1.50 bits per heavy atom. The van der Waals surface area contributed by atoms with Crippen LogP contribution in [0.5, 0.6) is 28.9 Å². The quantitative estimate of drug-likeness (QED) is 0.0510. The van der Waals surface area contributed by atoms with Gasteiger partial charge in [-0.1, -0.05) is 45.0 Å². The molecule has 1 aliphatic heterocycles. The van der Waals surface area contributed by atoms with Crippen molar-refractivity contribution in [1.82, 2.24) is 20.2 Å². The summed E-state index contributed by atoms with van der Waals surface area (Å²) in [5.41, 5.74) is 2.39. The highest BCUT2D eigenvalue weighted by atomic mass is 16.6. The van der Waals surface area contributed by atoms with E-state index in [9.17, 15) is 9.59 Å². The van der Waals surface area contributed by atoms with Crippen molar-refractivity contribution in [3.63, 3.8) is 0 Å². The largest absolute Gasteiger partial charge is 0.497 e. The summed E-state index contributed by atoms with van der Waals surface area (Å²) in [6.45, 7) is 13.0. The van der Waals surface area contributed by atoms with Crippen LogP contribution in [0.4, 0.5) is 27.8 Å². The number of benzene rings is 4. The van der Waals surface area contributed by atoms with Gasteiger partial charge >= 0.3 is 6.03 Å². The Kier molecular flexibility index (Phi) is 17.3. The highest BCUT2D eigenvalue weighted by Gasteiger charge is 2.25. The lowest BCUT2D eigenvalue weighted by atomic mass is 9.85. The van der Waals surface area contributed by atoms with Crippen LogP contribution >= 0.6 is 0 Å². The van der Waals surface area contributed by atoms with E-state index >= 15 is 0 Å². The summed E-state index contributed by atoms with van der Waals surface area (Å²) in [5, 5.41) is 13.6. The van der Waals surface area contributed by atoms with Crippen molar-refractivity contribution < 1.29 is 47.5 Å². The van der Waals surface area contributed by atoms with Crippen molar-refractivity contribution >= 4 is 45.7 Å². The molecule has 5 aromatic rings. The molecule has 1 aromatic heterocycles. The number of ether oxygens (including phenoxy) is 8. The van der Waals surface area contributed by atoms with Crippen molar-refractivity contribution in [1.29, 1.82) is 0 Å². The van der Waals surface area contributed by atoms with Crippen LogP contribution in [0.25, 0.3) is 10.8 Å². The molecule has 1 fully saturated rings. The van der Waals surface area contributed by atoms with E-state index in [1.807, 2.05) is 63.2 Å². The highest BCUT2D eigenvalue weighted by Crippen LogP contribution is 2.37. The molecule has 17 nitrogen and oxygen atoms in total. The van der Waals surface area contributed by atoms with Crippen LogP contribution in [0.3, 0.4) is 0 Å². The summed E-state index contributed by atoms with van der Waals surface area (Å²) >= 11 is 0. The number of aromatic nitrogens is 2. The van der Waals surface area contributed by atoms with Gasteiger partial charge in [0.25, 0.3) is 5.91 Å². The first-order chi connectivity index (χ1) is 31.0. The van der Waals surface area contributed by atoms with E-state index in [0.717, 1.165) is 29.4 Å². The Labute approximate surface area is 374 Å². The van der Waals surface area contributed by atoms with Gasteiger partial charge in [0.05, 0.1) is 77.4 Å². The number of amides is 3. The maximum atomic E-state index is 13.8. The second-order valence-corrected chi connectivity index (χ2v) is 15.7. The Hall–Kier alpha value is -6.24. The number of hydrogen-bond donors (Lipinski definition) is 4. The van der Waals surface area contributed by atoms with E-state index in [-0.39, 0.29) is 28.9 Å². The molecule has 6 rings (SSSR count). The molecule has 3 amide bonds. The third kappa shape index (κ3) is 13.6. The molecule has 0 bridgehead atoms. The van der Waals surface area contributed by atoms with Crippen LogP contribution < -0.4 is 40.2 Å². The number of hydrogen-bond acceptors (Lipinski definition) is 14. The number of carbonyl (C=O) groups is 2. The minimum atomic E-state index is -0.521. The monoisotopic (exact) mass is 881 g/mol. The zero-order chi connectivity index (χ0) is 45.3. The van der Waals surface area contributed by atoms with Gasteiger partial charge in [0.15, 0.2) is 5.75 Å². The summed E-state index contributed by atoms with van der Waals surface area (Å²) in [6, 6.07) is 21.2. The number of anilines is 4. The Bertz CT molecular complexity index is 2320. The van der Waals surface area contributed by atoms with E-state index in [1.165, 1.54) is 7.11 Å². The molecule has 342 valence electrons. The number of methoxy groups -OCH3 is 3. The number of rotatable bonds is 22. The van der Waals surface area contributed by atoms with Crippen LogP contribution in [0.1, 0.15) is 36.7 Å². The van der Waals surface area contributed by atoms with Crippen LogP contribution in [0.15, 0.2) is 79.0 Å². The molecular weight excluding hydrogens is 823 g/mol. The average Bonchev–Trinajstić information content (AvgIpc) is 3.29. The lowest BCUT2D eigenvalue weighted by molar-refractivity contribution is 0.0179. The van der Waals surface area contributed by atoms with Gasteiger partial charge in [0.1, 0.15) is 23.9 Å². The molecular formula is C47H59N7O10. The van der Waals surface area contributed by atoms with E-state index in [0.29, 0.717) is 106 Å². The van der Waals surface area contributed by atoms with E-state index in [4.69, 9.17) is 37.9 Å². The normalized spacial score (nSPS) is 13.0. The Morgan fingerprint density at radius 3 is 2.23 bits per heavy atom. The van der Waals surface area contributed by atoms with Crippen molar-refractivity contribution in [2.24, 2.45) is 0 Å². The lowest BCUT2D eigenvalue weighted by Gasteiger charge is -2.26. The average molecular weight is 882 g/mol. The maximum absolute atomic E-state index is 13.8. The summed E-state index contributed by atoms with van der Waals surface area (Å²) in [5.74, 6) is 2.20. The maximum Gasteiger partial charge on any atom is 0.323 e. The molecule has 4 N–H and O–H groups in total. The minimum absolute atomic E-state index is 0.261. The molecule has 1 saturated heterocycles. The fourth-order valence-corrected chi connectivity index (χ4v) is 6.76. The standard InChI is InChI=1S/C47H59N7O10/c1-47(2,3)32-27-38(44(55)48-15-16-54-17-19-60-20-18-54)43(59-6)40(28-32)52-46(56)51-39-11-12-41(37-10-8-7-9-36(37)39)64-42-13-14-49-45(53-42)50-33-29-34(58-5)31-35(30-33)63-26-25-62-24-23-61-22-21-57-4/h7-14,27-31H,15-26H2,1-6H3,(H,48,55)(H,49,50,53)(H2,51,52,56). The highest BCUT2D eigenvalue weighted by molar-refractivity contribution is 6.09. The molecule has 0 radical (unpaired) electrons. The molecule has 17 heteroatoms. The zero-order valence-electron chi connectivity index (χ0n) is 37.4. The minimum Gasteiger partial charge on any atom is -0.497 e. The summed E-state index contributed by atoms with van der Waals surface area (Å²) in [7, 11) is 4.69. The molecule has 0 aliphatic carbocycles. The van der Waals surface area contributed by atoms with Crippen LogP contribution in [0.2, 0.25) is 0 Å². The number of nitrogens with one attached hydrogen (secondary N) is 4. The summed E-state index contributed by atoms with van der Waals surface area (Å²) in [6.07, 6.45) is 1.59. The number of urea groups is 1. The zero-order valence-corrected chi connectivity index (χ0v) is 37.4. The number of nitrogens with zero attached hydrogens (tertiary/aromatic N) is 3. The summed E-state index contributed by atoms with van der Waals surface area (Å²) < 4.78 is 44.9. The first-order valence-corrected chi connectivity index (χ1v) is 21.2. The van der Waals surface area contributed by atoms with Crippen LogP contribution in [-0.2, 0) is 24.4 Å². The van der Waals surface area contributed by atoms with E-state index < -0.39 is 6.03 Å². The van der Waals surface area contributed by atoms with E-state index in [2.05, 4.69) is 36.1 Å². The van der Waals surface area contributed by atoms with Gasteiger partial charge in [-0.25, -0.2) is 9.78 Å². The van der Waals surface area contributed by atoms with Crippen LogP contribution in [0, 0.1) is 0 Å². The number of fused-ring (bicyclic) bond motifs is 1. The van der Waals surface area contributed by atoms with Gasteiger partial charge in [-0.15, -0.1) is 0 Å². The first kappa shape index (κ1) is 47.2. The molecule has 0 unspecified atom stereocenters. The molecule has 4 aromatic carbocycles. The topological polar surface area (TPSA) is 185 Å². The van der Waals surface area contributed by atoms with Gasteiger partial charge in [-0.05, 0) is 35.2 Å². The van der Waals surface area contributed by atoms with Gasteiger partial charge in [0.2, 0.25) is 11.8 Å². The molecule has 0 spiro atoms. The second kappa shape index (κ2) is 23.4. The van der Waals surface area contributed by atoms with Crippen molar-refractivity contribution in [3.8, 4) is 28.9 Å². The molecule has 64 heavy (non-hydrogen) atoms. The first-order valence-electron chi connectivity index (χ1n) is 21.2. The molecule has 2 heterocycles. The Morgan fingerprint density at radius 1 is 0.781 bits per heavy atom. The number of morpholine rings is 1. The fourth-order valence-electron chi connectivity index (χ4n) is 6.76. The predicted octanol–water partition coefficient (Wildman–Crippen LogP) is 7.24. The third-order valence-corrected chi connectivity index (χ3v) is 10.1. The van der Waals surface area contributed by atoms with Crippen molar-refractivity contribution in [3.05, 3.63) is 90.1 Å². The Balaban J connectivity index is 1.11. The summed E-state index contributed by atoms with van der Waals surface area (Å²) in [4.78, 5) is 38.6. The van der Waals surface area contributed by atoms with Crippen LogP contribution in [-0.4, -0.2) is 127 Å². The molecule has 0 atom stereocenters. The van der Waals surface area contributed by atoms with Gasteiger partial charge in [-0.2, -0.15) is 4.98 Å². The third-order valence-electron chi connectivity index (χ3n) is 10.1. The van der Waals surface area contributed by atoms with Crippen molar-refractivity contribution in [2.45, 2.75) is 26.2 Å². The second-order valence-electron chi connectivity index (χ2n) is 15.7. The molecule has 0 saturated carbocycles. The van der Waals surface area contributed by atoms with E-state index in [1.54, 1.807) is 50.7 Å². The van der Waals surface area contributed by atoms with Gasteiger partial charge < -0.3 is 59.2 Å². The van der Waals surface area contributed by atoms with Gasteiger partial charge in [0, 0.05) is 80.2 Å². The fraction of sp³-hybridized carbons (Fsp3) is 0.404. The lowest BCUT2D eigenvalue weighted by Crippen LogP contribution is -2.41.